The molecule has 1 saturated carbocycles. The Hall–Kier alpha value is -1.30. The summed E-state index contributed by atoms with van der Waals surface area (Å²) < 4.78 is 13.1. The number of halogens is 1. The molecule has 0 heterocycles. The summed E-state index contributed by atoms with van der Waals surface area (Å²) in [4.78, 5) is 0. The number of hydrogen-bond donors (Lipinski definition) is 2. The zero-order valence-corrected chi connectivity index (χ0v) is 15.9. The van der Waals surface area contributed by atoms with Crippen LogP contribution in [0, 0.1) is 5.92 Å². The molecular formula is C20H23BrO4. The molecule has 0 saturated heterocycles. The maximum Gasteiger partial charge on any atom is 0.131 e. The molecule has 4 nitrogen and oxygen atoms in total. The molecule has 2 aliphatic rings. The molecule has 5 heteroatoms. The lowest BCUT2D eigenvalue weighted by atomic mass is 9.82. The minimum absolute atomic E-state index is 0.000786. The molecule has 3 unspecified atom stereocenters. The molecule has 0 aliphatic heterocycles. The summed E-state index contributed by atoms with van der Waals surface area (Å²) in [6, 6.07) is 6.12. The van der Waals surface area contributed by atoms with Crippen molar-refractivity contribution in [2.75, 3.05) is 26.4 Å². The molecular weight excluding hydrogens is 384 g/mol. The Kier molecular flexibility index (Phi) is 4.65. The SMILES string of the molecule is CC1CC2CC1c1c2c(OCCO)c2cc(Br)ccc2c1OCCO. The summed E-state index contributed by atoms with van der Waals surface area (Å²) in [6.07, 6.45) is 2.31. The lowest BCUT2D eigenvalue weighted by molar-refractivity contribution is 0.197. The number of benzene rings is 2. The second kappa shape index (κ2) is 6.78. The van der Waals surface area contributed by atoms with Crippen molar-refractivity contribution in [3.05, 3.63) is 33.8 Å². The van der Waals surface area contributed by atoms with Crippen LogP contribution in [0.4, 0.5) is 0 Å². The van der Waals surface area contributed by atoms with Gasteiger partial charge in [-0.3, -0.25) is 0 Å². The van der Waals surface area contributed by atoms with Gasteiger partial charge in [-0.05, 0) is 48.8 Å². The first-order valence-corrected chi connectivity index (χ1v) is 9.71. The highest BCUT2D eigenvalue weighted by molar-refractivity contribution is 9.10. The van der Waals surface area contributed by atoms with E-state index in [4.69, 9.17) is 9.47 Å². The summed E-state index contributed by atoms with van der Waals surface area (Å²) in [6.45, 7) is 2.89. The van der Waals surface area contributed by atoms with Crippen molar-refractivity contribution in [2.24, 2.45) is 5.92 Å². The van der Waals surface area contributed by atoms with Crippen LogP contribution in [0.15, 0.2) is 22.7 Å². The Morgan fingerprint density at radius 3 is 2.36 bits per heavy atom. The van der Waals surface area contributed by atoms with Crippen LogP contribution < -0.4 is 9.47 Å². The molecule has 4 rings (SSSR count). The van der Waals surface area contributed by atoms with Crippen molar-refractivity contribution in [3.63, 3.8) is 0 Å². The van der Waals surface area contributed by atoms with E-state index in [0.29, 0.717) is 24.4 Å². The molecule has 2 bridgehead atoms. The minimum Gasteiger partial charge on any atom is -0.490 e. The average molecular weight is 407 g/mol. The van der Waals surface area contributed by atoms with Gasteiger partial charge in [0.1, 0.15) is 24.7 Å². The smallest absolute Gasteiger partial charge is 0.131 e. The monoisotopic (exact) mass is 406 g/mol. The summed E-state index contributed by atoms with van der Waals surface area (Å²) in [5, 5.41) is 20.5. The summed E-state index contributed by atoms with van der Waals surface area (Å²) >= 11 is 3.56. The first-order valence-electron chi connectivity index (χ1n) is 8.92. The van der Waals surface area contributed by atoms with E-state index in [1.807, 2.05) is 6.07 Å². The molecule has 2 N–H and O–H groups in total. The Morgan fingerprint density at radius 1 is 1.00 bits per heavy atom. The Bertz CT molecular complexity index is 804. The highest BCUT2D eigenvalue weighted by Crippen LogP contribution is 2.63. The average Bonchev–Trinajstić information content (AvgIpc) is 3.15. The van der Waals surface area contributed by atoms with Crippen LogP contribution in [0.5, 0.6) is 11.5 Å². The molecule has 0 spiro atoms. The van der Waals surface area contributed by atoms with Crippen molar-refractivity contribution >= 4 is 26.7 Å². The van der Waals surface area contributed by atoms with Gasteiger partial charge in [-0.2, -0.15) is 0 Å². The fourth-order valence-corrected chi connectivity index (χ4v) is 5.06. The van der Waals surface area contributed by atoms with Crippen LogP contribution in [0.1, 0.15) is 42.7 Å². The van der Waals surface area contributed by atoms with E-state index in [9.17, 15) is 10.2 Å². The summed E-state index contributed by atoms with van der Waals surface area (Å²) in [5.74, 6) is 3.41. The van der Waals surface area contributed by atoms with Crippen molar-refractivity contribution in [1.82, 2.24) is 0 Å². The van der Waals surface area contributed by atoms with Gasteiger partial charge in [0, 0.05) is 26.4 Å². The van der Waals surface area contributed by atoms with Crippen molar-refractivity contribution in [1.29, 1.82) is 0 Å². The minimum atomic E-state index is -0.00245. The highest BCUT2D eigenvalue weighted by atomic mass is 79.9. The van der Waals surface area contributed by atoms with Gasteiger partial charge in [-0.15, -0.1) is 0 Å². The third-order valence-corrected chi connectivity index (χ3v) is 6.08. The van der Waals surface area contributed by atoms with E-state index in [2.05, 4.69) is 35.0 Å². The van der Waals surface area contributed by atoms with E-state index < -0.39 is 0 Å². The molecule has 0 amide bonds. The molecule has 0 aromatic heterocycles. The van der Waals surface area contributed by atoms with Crippen molar-refractivity contribution in [3.8, 4) is 11.5 Å². The molecule has 2 aromatic rings. The molecule has 25 heavy (non-hydrogen) atoms. The predicted molar refractivity (Wildman–Crippen MR) is 101 cm³/mol. The molecule has 134 valence electrons. The van der Waals surface area contributed by atoms with E-state index in [1.165, 1.54) is 17.5 Å². The van der Waals surface area contributed by atoms with Gasteiger partial charge in [0.2, 0.25) is 0 Å². The van der Waals surface area contributed by atoms with E-state index in [1.54, 1.807) is 0 Å². The number of ether oxygens (including phenoxy) is 2. The summed E-state index contributed by atoms with van der Waals surface area (Å²) in [5.41, 5.74) is 2.52. The van der Waals surface area contributed by atoms with Crippen LogP contribution in [0.2, 0.25) is 0 Å². The molecule has 2 aromatic carbocycles. The van der Waals surface area contributed by atoms with Gasteiger partial charge in [-0.1, -0.05) is 22.9 Å². The topological polar surface area (TPSA) is 58.9 Å². The Balaban J connectivity index is 1.99. The highest BCUT2D eigenvalue weighted by Gasteiger charge is 2.46. The molecule has 2 aliphatic carbocycles. The number of hydrogen-bond acceptors (Lipinski definition) is 4. The Labute approximate surface area is 155 Å². The van der Waals surface area contributed by atoms with E-state index in [0.717, 1.165) is 33.2 Å². The van der Waals surface area contributed by atoms with Crippen LogP contribution in [-0.2, 0) is 0 Å². The lowest BCUT2D eigenvalue weighted by Gasteiger charge is -2.28. The van der Waals surface area contributed by atoms with Crippen molar-refractivity contribution < 1.29 is 19.7 Å². The zero-order chi connectivity index (χ0) is 17.6. The number of fused-ring (bicyclic) bond motifs is 6. The van der Waals surface area contributed by atoms with Gasteiger partial charge in [0.15, 0.2) is 0 Å². The number of rotatable bonds is 6. The maximum atomic E-state index is 9.26. The van der Waals surface area contributed by atoms with Gasteiger partial charge in [-0.25, -0.2) is 0 Å². The van der Waals surface area contributed by atoms with Crippen LogP contribution >= 0.6 is 15.9 Å². The standard InChI is InChI=1S/C20H23BrO4/c1-11-8-12-9-15(11)18-17(12)20(25-7-5-23)16-10-13(21)2-3-14(16)19(18)24-6-4-22/h2-3,10-12,15,22-23H,4-9H2,1H3. The summed E-state index contributed by atoms with van der Waals surface area (Å²) in [7, 11) is 0. The zero-order valence-electron chi connectivity index (χ0n) is 14.3. The third kappa shape index (κ3) is 2.73. The second-order valence-corrected chi connectivity index (χ2v) is 7.99. The number of aliphatic hydroxyl groups excluding tert-OH is 2. The number of aliphatic hydroxyl groups is 2. The van der Waals surface area contributed by atoms with Gasteiger partial charge in [0.25, 0.3) is 0 Å². The quantitative estimate of drug-likeness (QED) is 0.761. The van der Waals surface area contributed by atoms with Crippen LogP contribution in [0.25, 0.3) is 10.8 Å². The van der Waals surface area contributed by atoms with Gasteiger partial charge in [0.05, 0.1) is 13.2 Å². The van der Waals surface area contributed by atoms with Gasteiger partial charge >= 0.3 is 0 Å². The first-order chi connectivity index (χ1) is 12.2. The largest absolute Gasteiger partial charge is 0.490 e. The third-order valence-electron chi connectivity index (χ3n) is 5.59. The predicted octanol–water partition coefficient (Wildman–Crippen LogP) is 3.96. The Morgan fingerprint density at radius 2 is 1.68 bits per heavy atom. The molecule has 0 radical (unpaired) electrons. The van der Waals surface area contributed by atoms with Crippen LogP contribution in [-0.4, -0.2) is 36.6 Å². The molecule has 3 atom stereocenters. The first kappa shape index (κ1) is 17.1. The lowest BCUT2D eigenvalue weighted by Crippen LogP contribution is -2.14. The van der Waals surface area contributed by atoms with Gasteiger partial charge < -0.3 is 19.7 Å². The fourth-order valence-electron chi connectivity index (χ4n) is 4.70. The van der Waals surface area contributed by atoms with E-state index >= 15 is 0 Å². The van der Waals surface area contributed by atoms with Crippen LogP contribution in [0.3, 0.4) is 0 Å². The second-order valence-electron chi connectivity index (χ2n) is 7.07. The fraction of sp³-hybridized carbons (Fsp3) is 0.500. The van der Waals surface area contributed by atoms with E-state index in [-0.39, 0.29) is 19.8 Å². The normalized spacial score (nSPS) is 23.9. The maximum absolute atomic E-state index is 9.26. The molecule has 1 fully saturated rings. The van der Waals surface area contributed by atoms with Crippen molar-refractivity contribution in [2.45, 2.75) is 31.6 Å².